The summed E-state index contributed by atoms with van der Waals surface area (Å²) in [7, 11) is 1.31. The lowest BCUT2D eigenvalue weighted by Gasteiger charge is -2.18. The van der Waals surface area contributed by atoms with Crippen molar-refractivity contribution in [3.8, 4) is 0 Å². The monoisotopic (exact) mass is 469 g/mol. The molecular formula is C22H20BrN3O4. The number of hydrogen-bond acceptors (Lipinski definition) is 5. The lowest BCUT2D eigenvalue weighted by atomic mass is 10.0. The summed E-state index contributed by atoms with van der Waals surface area (Å²) >= 11 is 3.38. The van der Waals surface area contributed by atoms with Crippen LogP contribution >= 0.6 is 15.9 Å². The maximum absolute atomic E-state index is 12.9. The van der Waals surface area contributed by atoms with E-state index in [0.29, 0.717) is 23.0 Å². The number of esters is 1. The number of carbonyl (C=O) groups is 2. The third-order valence-electron chi connectivity index (χ3n) is 5.25. The molecular weight excluding hydrogens is 450 g/mol. The van der Waals surface area contributed by atoms with Crippen LogP contribution in [0.25, 0.3) is 10.9 Å². The third kappa shape index (κ3) is 4.00. The molecule has 1 aromatic heterocycles. The number of halogens is 1. The van der Waals surface area contributed by atoms with Crippen molar-refractivity contribution in [3.05, 3.63) is 74.2 Å². The Hall–Kier alpha value is -3.00. The molecule has 2 heterocycles. The average Bonchev–Trinajstić information content (AvgIpc) is 3.22. The number of carbonyl (C=O) groups excluding carboxylic acids is 2. The van der Waals surface area contributed by atoms with Crippen molar-refractivity contribution in [1.82, 2.24) is 14.9 Å². The van der Waals surface area contributed by atoms with E-state index < -0.39 is 12.0 Å². The minimum atomic E-state index is -0.549. The predicted molar refractivity (Wildman–Crippen MR) is 115 cm³/mol. The van der Waals surface area contributed by atoms with Crippen molar-refractivity contribution in [2.75, 3.05) is 7.11 Å². The number of aryl methyl sites for hydroxylation is 1. The number of hydrogen-bond donors (Lipinski definition) is 1. The van der Waals surface area contributed by atoms with E-state index in [2.05, 4.69) is 26.2 Å². The van der Waals surface area contributed by atoms with Gasteiger partial charge >= 0.3 is 5.97 Å². The fourth-order valence-corrected chi connectivity index (χ4v) is 3.93. The molecule has 0 saturated heterocycles. The van der Waals surface area contributed by atoms with Crippen LogP contribution in [-0.4, -0.2) is 28.5 Å². The molecule has 1 aliphatic rings. The molecule has 4 rings (SSSR count). The van der Waals surface area contributed by atoms with E-state index >= 15 is 0 Å². The quantitative estimate of drug-likeness (QED) is 0.579. The smallest absolute Gasteiger partial charge is 0.307 e. The summed E-state index contributed by atoms with van der Waals surface area (Å²) in [5.41, 5.74) is 1.60. The second-order valence-electron chi connectivity index (χ2n) is 7.18. The Kier molecular flexibility index (Phi) is 5.67. The Bertz CT molecular complexity index is 1190. The molecule has 0 saturated carbocycles. The van der Waals surface area contributed by atoms with Gasteiger partial charge in [-0.05, 0) is 42.3 Å². The largest absolute Gasteiger partial charge is 0.469 e. The normalized spacial score (nSPS) is 13.7. The number of benzene rings is 2. The number of rotatable bonds is 5. The molecule has 1 N–H and O–H groups in total. The third-order valence-corrected chi connectivity index (χ3v) is 5.78. The highest BCUT2D eigenvalue weighted by Crippen LogP contribution is 2.22. The van der Waals surface area contributed by atoms with Gasteiger partial charge in [0.2, 0.25) is 0 Å². The van der Waals surface area contributed by atoms with Gasteiger partial charge in [0.25, 0.3) is 11.5 Å². The second kappa shape index (κ2) is 8.39. The first kappa shape index (κ1) is 20.3. The lowest BCUT2D eigenvalue weighted by molar-refractivity contribution is -0.141. The molecule has 30 heavy (non-hydrogen) atoms. The number of amides is 1. The Labute approximate surface area is 181 Å². The molecule has 1 amide bonds. The zero-order valence-electron chi connectivity index (χ0n) is 16.4. The number of fused-ring (bicyclic) bond motifs is 2. The lowest BCUT2D eigenvalue weighted by Crippen LogP contribution is -2.30. The number of aromatic nitrogens is 2. The van der Waals surface area contributed by atoms with E-state index in [0.717, 1.165) is 28.7 Å². The number of nitrogens with zero attached hydrogens (tertiary/aromatic N) is 2. The van der Waals surface area contributed by atoms with Gasteiger partial charge in [-0.3, -0.25) is 19.0 Å². The highest BCUT2D eigenvalue weighted by Gasteiger charge is 2.21. The molecule has 0 spiro atoms. The van der Waals surface area contributed by atoms with E-state index in [1.165, 1.54) is 7.11 Å². The first-order chi connectivity index (χ1) is 14.5. The van der Waals surface area contributed by atoms with E-state index in [9.17, 15) is 14.4 Å². The SMILES string of the molecule is COC(=O)C[C@@H](NC(=O)c1ccc2c(=O)n3c(nc2c1)CCC3)c1ccc(Br)cc1. The zero-order chi connectivity index (χ0) is 21.3. The Morgan fingerprint density at radius 3 is 2.73 bits per heavy atom. The molecule has 1 aliphatic heterocycles. The summed E-state index contributed by atoms with van der Waals surface area (Å²) in [4.78, 5) is 42.0. The second-order valence-corrected chi connectivity index (χ2v) is 8.09. The highest BCUT2D eigenvalue weighted by atomic mass is 79.9. The van der Waals surface area contributed by atoms with E-state index in [-0.39, 0.29) is 17.9 Å². The predicted octanol–water partition coefficient (Wildman–Crippen LogP) is 3.14. The van der Waals surface area contributed by atoms with Gasteiger partial charge in [-0.15, -0.1) is 0 Å². The molecule has 0 bridgehead atoms. The summed E-state index contributed by atoms with van der Waals surface area (Å²) < 4.78 is 7.37. The molecule has 154 valence electrons. The summed E-state index contributed by atoms with van der Waals surface area (Å²) in [6, 6.07) is 11.7. The maximum atomic E-state index is 12.9. The summed E-state index contributed by atoms with van der Waals surface area (Å²) in [6.07, 6.45) is 1.66. The molecule has 1 atom stereocenters. The molecule has 0 fully saturated rings. The molecule has 2 aromatic carbocycles. The summed E-state index contributed by atoms with van der Waals surface area (Å²) in [5, 5.41) is 3.40. The summed E-state index contributed by atoms with van der Waals surface area (Å²) in [6.45, 7) is 0.682. The van der Waals surface area contributed by atoms with Crippen LogP contribution in [-0.2, 0) is 22.5 Å². The Morgan fingerprint density at radius 1 is 1.23 bits per heavy atom. The van der Waals surface area contributed by atoms with Gasteiger partial charge in [-0.1, -0.05) is 28.1 Å². The van der Waals surface area contributed by atoms with Gasteiger partial charge in [0.15, 0.2) is 0 Å². The average molecular weight is 470 g/mol. The molecule has 0 radical (unpaired) electrons. The van der Waals surface area contributed by atoms with Crippen LogP contribution in [0.3, 0.4) is 0 Å². The van der Waals surface area contributed by atoms with Gasteiger partial charge in [0, 0.05) is 23.0 Å². The number of methoxy groups -OCH3 is 1. The van der Waals surface area contributed by atoms with Crippen LogP contribution < -0.4 is 10.9 Å². The van der Waals surface area contributed by atoms with E-state index in [1.807, 2.05) is 24.3 Å². The molecule has 0 unspecified atom stereocenters. The fourth-order valence-electron chi connectivity index (χ4n) is 3.66. The van der Waals surface area contributed by atoms with Crippen LogP contribution in [0.15, 0.2) is 51.7 Å². The topological polar surface area (TPSA) is 90.3 Å². The minimum absolute atomic E-state index is 0.00452. The molecule has 0 aliphatic carbocycles. The highest BCUT2D eigenvalue weighted by molar-refractivity contribution is 9.10. The van der Waals surface area contributed by atoms with Gasteiger partial charge in [0.05, 0.1) is 30.5 Å². The maximum Gasteiger partial charge on any atom is 0.307 e. The van der Waals surface area contributed by atoms with Gasteiger partial charge in [0.1, 0.15) is 5.82 Å². The van der Waals surface area contributed by atoms with Gasteiger partial charge in [-0.25, -0.2) is 4.98 Å². The molecule has 3 aromatic rings. The standard InChI is InChI=1S/C22H20BrN3O4/c1-30-20(27)12-17(13-4-7-15(23)8-5-13)25-21(28)14-6-9-16-18(11-14)24-19-3-2-10-26(19)22(16)29/h4-9,11,17H,2-3,10,12H2,1H3,(H,25,28)/t17-/m1/s1. The first-order valence-electron chi connectivity index (χ1n) is 9.63. The van der Waals surface area contributed by atoms with E-state index in [4.69, 9.17) is 4.74 Å². The Balaban J connectivity index is 1.64. The van der Waals surface area contributed by atoms with Crippen LogP contribution in [0.5, 0.6) is 0 Å². The van der Waals surface area contributed by atoms with Gasteiger partial charge < -0.3 is 10.1 Å². The fraction of sp³-hybridized carbons (Fsp3) is 0.273. The number of ether oxygens (including phenoxy) is 1. The Morgan fingerprint density at radius 2 is 2.00 bits per heavy atom. The van der Waals surface area contributed by atoms with Crippen molar-refractivity contribution < 1.29 is 14.3 Å². The van der Waals surface area contributed by atoms with Crippen molar-refractivity contribution in [2.24, 2.45) is 0 Å². The van der Waals surface area contributed by atoms with Crippen LogP contribution in [0, 0.1) is 0 Å². The van der Waals surface area contributed by atoms with Crippen LogP contribution in [0.4, 0.5) is 0 Å². The first-order valence-corrected chi connectivity index (χ1v) is 10.4. The van der Waals surface area contributed by atoms with E-state index in [1.54, 1.807) is 22.8 Å². The molecule has 8 heteroatoms. The number of nitrogens with one attached hydrogen (secondary N) is 1. The summed E-state index contributed by atoms with van der Waals surface area (Å²) in [5.74, 6) is -0.0217. The van der Waals surface area contributed by atoms with Crippen molar-refractivity contribution in [3.63, 3.8) is 0 Å². The minimum Gasteiger partial charge on any atom is -0.469 e. The van der Waals surface area contributed by atoms with Crippen molar-refractivity contribution >= 4 is 38.7 Å². The molecule has 7 nitrogen and oxygen atoms in total. The van der Waals surface area contributed by atoms with Crippen LogP contribution in [0.2, 0.25) is 0 Å². The van der Waals surface area contributed by atoms with Crippen molar-refractivity contribution in [2.45, 2.75) is 31.8 Å². The van der Waals surface area contributed by atoms with Gasteiger partial charge in [-0.2, -0.15) is 0 Å². The van der Waals surface area contributed by atoms with Crippen molar-refractivity contribution in [1.29, 1.82) is 0 Å². The van der Waals surface area contributed by atoms with Crippen LogP contribution in [0.1, 0.15) is 40.6 Å². The zero-order valence-corrected chi connectivity index (χ0v) is 17.9.